The molecule has 0 bridgehead atoms. The molecule has 1 amide bonds. The maximum atomic E-state index is 12.8. The Hall–Kier alpha value is -1.48. The largest absolute Gasteiger partial charge is 0.379 e. The molecule has 0 aromatic heterocycles. The van der Waals surface area contributed by atoms with Gasteiger partial charge in [-0.3, -0.25) is 9.69 Å². The molecule has 2 saturated heterocycles. The molecule has 0 atom stereocenters. The van der Waals surface area contributed by atoms with Crippen LogP contribution in [0.1, 0.15) is 12.0 Å². The maximum absolute atomic E-state index is 12.8. The van der Waals surface area contributed by atoms with Crippen LogP contribution < -0.4 is 0 Å². The minimum Gasteiger partial charge on any atom is -0.379 e. The lowest BCUT2D eigenvalue weighted by Gasteiger charge is -2.35. The maximum Gasteiger partial charge on any atom is 0.243 e. The molecule has 0 aliphatic carbocycles. The average molecular weight is 381 g/mol. The van der Waals surface area contributed by atoms with Crippen molar-refractivity contribution in [2.24, 2.45) is 0 Å². The highest BCUT2D eigenvalue weighted by Crippen LogP contribution is 2.21. The van der Waals surface area contributed by atoms with Gasteiger partial charge in [-0.15, -0.1) is 0 Å². The molecule has 0 unspecified atom stereocenters. The summed E-state index contributed by atoms with van der Waals surface area (Å²) in [4.78, 5) is 16.8. The Labute approximate surface area is 155 Å². The number of carbonyl (C=O) groups is 1. The van der Waals surface area contributed by atoms with Crippen LogP contribution in [0.15, 0.2) is 29.2 Å². The molecule has 0 N–H and O–H groups in total. The summed E-state index contributed by atoms with van der Waals surface area (Å²) in [5.41, 5.74) is 0.747. The van der Waals surface area contributed by atoms with Crippen molar-refractivity contribution >= 4 is 15.9 Å². The molecule has 1 aromatic rings. The van der Waals surface area contributed by atoms with E-state index in [1.54, 1.807) is 30.0 Å². The Balaban J connectivity index is 1.52. The van der Waals surface area contributed by atoms with Gasteiger partial charge in [0.05, 0.1) is 18.1 Å². The molecule has 7 nitrogen and oxygen atoms in total. The third-order valence-corrected chi connectivity index (χ3v) is 7.11. The van der Waals surface area contributed by atoms with Crippen LogP contribution in [0.2, 0.25) is 0 Å². The first-order chi connectivity index (χ1) is 12.5. The smallest absolute Gasteiger partial charge is 0.243 e. The number of amides is 1. The van der Waals surface area contributed by atoms with Gasteiger partial charge in [-0.05, 0) is 18.6 Å². The highest BCUT2D eigenvalue weighted by molar-refractivity contribution is 7.89. The predicted molar refractivity (Wildman–Crippen MR) is 98.4 cm³/mol. The van der Waals surface area contributed by atoms with E-state index < -0.39 is 10.0 Å². The van der Waals surface area contributed by atoms with Crippen molar-refractivity contribution < 1.29 is 17.9 Å². The first-order valence-electron chi connectivity index (χ1n) is 9.12. The van der Waals surface area contributed by atoms with Gasteiger partial charge in [-0.2, -0.15) is 4.31 Å². The second-order valence-corrected chi connectivity index (χ2v) is 8.66. The molecule has 2 fully saturated rings. The van der Waals surface area contributed by atoms with E-state index in [4.69, 9.17) is 4.74 Å². The number of piperazine rings is 1. The Kier molecular flexibility index (Phi) is 6.29. The van der Waals surface area contributed by atoms with Crippen LogP contribution in [0.3, 0.4) is 0 Å². The Morgan fingerprint density at radius 1 is 1.04 bits per heavy atom. The topological polar surface area (TPSA) is 70.2 Å². The van der Waals surface area contributed by atoms with Crippen molar-refractivity contribution in [3.8, 4) is 0 Å². The third kappa shape index (κ3) is 4.43. The monoisotopic (exact) mass is 381 g/mol. The number of sulfonamides is 1. The zero-order valence-corrected chi connectivity index (χ0v) is 16.1. The fourth-order valence-corrected chi connectivity index (χ4v) is 5.05. The fraction of sp³-hybridized carbons (Fsp3) is 0.611. The van der Waals surface area contributed by atoms with Crippen molar-refractivity contribution in [2.45, 2.75) is 18.2 Å². The van der Waals surface area contributed by atoms with E-state index in [0.717, 1.165) is 38.4 Å². The van der Waals surface area contributed by atoms with Gasteiger partial charge < -0.3 is 9.64 Å². The summed E-state index contributed by atoms with van der Waals surface area (Å²) in [6.45, 7) is 7.33. The van der Waals surface area contributed by atoms with E-state index in [1.807, 2.05) is 6.07 Å². The van der Waals surface area contributed by atoms with Crippen LogP contribution in [-0.4, -0.2) is 87.5 Å². The molecule has 0 saturated carbocycles. The zero-order chi connectivity index (χ0) is 18.6. The molecular weight excluding hydrogens is 354 g/mol. The Morgan fingerprint density at radius 2 is 1.69 bits per heavy atom. The molecular formula is C18H27N3O4S. The summed E-state index contributed by atoms with van der Waals surface area (Å²) >= 11 is 0. The SMILES string of the molecule is Cc1ccccc1S(=O)(=O)N1CCN(C(=O)CCN2CCOCC2)CC1. The molecule has 26 heavy (non-hydrogen) atoms. The van der Waals surface area contributed by atoms with Crippen LogP contribution in [0.25, 0.3) is 0 Å². The van der Waals surface area contributed by atoms with Crippen molar-refractivity contribution in [1.82, 2.24) is 14.1 Å². The molecule has 0 spiro atoms. The summed E-state index contributed by atoms with van der Waals surface area (Å²) in [5, 5.41) is 0. The third-order valence-electron chi connectivity index (χ3n) is 5.05. The molecule has 2 heterocycles. The lowest BCUT2D eigenvalue weighted by atomic mass is 10.2. The standard InChI is InChI=1S/C18H27N3O4S/c1-16-4-2-3-5-17(16)26(23,24)21-10-8-20(9-11-21)18(22)6-7-19-12-14-25-15-13-19/h2-5H,6-15H2,1H3. The number of nitrogens with zero attached hydrogens (tertiary/aromatic N) is 3. The van der Waals surface area contributed by atoms with Crippen molar-refractivity contribution in [3.63, 3.8) is 0 Å². The van der Waals surface area contributed by atoms with Crippen LogP contribution in [-0.2, 0) is 19.6 Å². The van der Waals surface area contributed by atoms with E-state index in [1.165, 1.54) is 4.31 Å². The lowest BCUT2D eigenvalue weighted by Crippen LogP contribution is -2.51. The number of ether oxygens (including phenoxy) is 1. The van der Waals surface area contributed by atoms with Gasteiger partial charge in [0, 0.05) is 52.2 Å². The number of hydrogen-bond donors (Lipinski definition) is 0. The van der Waals surface area contributed by atoms with E-state index in [9.17, 15) is 13.2 Å². The lowest BCUT2D eigenvalue weighted by molar-refractivity contribution is -0.133. The molecule has 1 aromatic carbocycles. The predicted octanol–water partition coefficient (Wildman–Crippen LogP) is 0.550. The zero-order valence-electron chi connectivity index (χ0n) is 15.3. The molecule has 8 heteroatoms. The van der Waals surface area contributed by atoms with Gasteiger partial charge in [0.15, 0.2) is 0 Å². The van der Waals surface area contributed by atoms with Gasteiger partial charge in [-0.25, -0.2) is 8.42 Å². The minimum atomic E-state index is -3.50. The van der Waals surface area contributed by atoms with Crippen LogP contribution in [0.4, 0.5) is 0 Å². The van der Waals surface area contributed by atoms with Crippen molar-refractivity contribution in [2.75, 3.05) is 59.0 Å². The van der Waals surface area contributed by atoms with Gasteiger partial charge >= 0.3 is 0 Å². The van der Waals surface area contributed by atoms with Crippen molar-refractivity contribution in [1.29, 1.82) is 0 Å². The van der Waals surface area contributed by atoms with E-state index >= 15 is 0 Å². The summed E-state index contributed by atoms with van der Waals surface area (Å²) in [6, 6.07) is 7.02. The van der Waals surface area contributed by atoms with E-state index in [0.29, 0.717) is 37.5 Å². The van der Waals surface area contributed by atoms with Gasteiger partial charge in [0.2, 0.25) is 15.9 Å². The molecule has 0 radical (unpaired) electrons. The quantitative estimate of drug-likeness (QED) is 0.745. The second-order valence-electron chi connectivity index (χ2n) is 6.75. The fourth-order valence-electron chi connectivity index (χ4n) is 3.40. The number of hydrogen-bond acceptors (Lipinski definition) is 5. The van der Waals surface area contributed by atoms with E-state index in [-0.39, 0.29) is 5.91 Å². The van der Waals surface area contributed by atoms with Gasteiger partial charge in [0.1, 0.15) is 0 Å². The van der Waals surface area contributed by atoms with Crippen LogP contribution in [0, 0.1) is 6.92 Å². The number of aryl methyl sites for hydroxylation is 1. The Morgan fingerprint density at radius 3 is 2.35 bits per heavy atom. The van der Waals surface area contributed by atoms with Gasteiger partial charge in [0.25, 0.3) is 0 Å². The summed E-state index contributed by atoms with van der Waals surface area (Å²) < 4.78 is 32.4. The highest BCUT2D eigenvalue weighted by atomic mass is 32.2. The number of benzene rings is 1. The second kappa shape index (κ2) is 8.47. The summed E-state index contributed by atoms with van der Waals surface area (Å²) in [5.74, 6) is 0.101. The normalized spacial score (nSPS) is 20.3. The molecule has 3 rings (SSSR count). The minimum absolute atomic E-state index is 0.101. The number of rotatable bonds is 5. The first-order valence-corrected chi connectivity index (χ1v) is 10.6. The average Bonchev–Trinajstić information content (AvgIpc) is 2.67. The van der Waals surface area contributed by atoms with Crippen LogP contribution >= 0.6 is 0 Å². The number of morpholine rings is 1. The first kappa shape index (κ1) is 19.3. The summed E-state index contributed by atoms with van der Waals surface area (Å²) in [7, 11) is -3.50. The Bertz CT molecular complexity index is 724. The highest BCUT2D eigenvalue weighted by Gasteiger charge is 2.30. The van der Waals surface area contributed by atoms with E-state index in [2.05, 4.69) is 4.90 Å². The summed E-state index contributed by atoms with van der Waals surface area (Å²) in [6.07, 6.45) is 0.477. The molecule has 144 valence electrons. The molecule has 2 aliphatic heterocycles. The molecule has 2 aliphatic rings. The van der Waals surface area contributed by atoms with Crippen LogP contribution in [0.5, 0.6) is 0 Å². The van der Waals surface area contributed by atoms with Gasteiger partial charge in [-0.1, -0.05) is 18.2 Å². The number of carbonyl (C=O) groups excluding carboxylic acids is 1. The van der Waals surface area contributed by atoms with Crippen molar-refractivity contribution in [3.05, 3.63) is 29.8 Å².